The Labute approximate surface area is 94.9 Å². The summed E-state index contributed by atoms with van der Waals surface area (Å²) in [7, 11) is 0. The Morgan fingerprint density at radius 3 is 3.00 bits per heavy atom. The van der Waals surface area contributed by atoms with Gasteiger partial charge < -0.3 is 15.3 Å². The molecular weight excluding hydrogens is 204 g/mol. The van der Waals surface area contributed by atoms with Gasteiger partial charge in [0.25, 0.3) is 0 Å². The van der Waals surface area contributed by atoms with E-state index in [1.54, 1.807) is 4.90 Å². The molecule has 1 aliphatic heterocycles. The first-order valence-electron chi connectivity index (χ1n) is 5.46. The van der Waals surface area contributed by atoms with Gasteiger partial charge in [-0.25, -0.2) is 0 Å². The fourth-order valence-electron chi connectivity index (χ4n) is 1.83. The van der Waals surface area contributed by atoms with Crippen LogP contribution in [0, 0.1) is 5.92 Å². The molecule has 16 heavy (non-hydrogen) atoms. The Bertz CT molecular complexity index is 392. The van der Waals surface area contributed by atoms with E-state index in [4.69, 9.17) is 5.11 Å². The van der Waals surface area contributed by atoms with E-state index in [1.807, 2.05) is 31.2 Å². The topological polar surface area (TPSA) is 52.6 Å². The Balaban J connectivity index is 2.26. The predicted molar refractivity (Wildman–Crippen MR) is 63.5 cm³/mol. The highest BCUT2D eigenvalue weighted by molar-refractivity contribution is 6.02. The van der Waals surface area contributed by atoms with Gasteiger partial charge in [0, 0.05) is 13.2 Å². The maximum absolute atomic E-state index is 11.8. The van der Waals surface area contributed by atoms with Crippen LogP contribution in [0.5, 0.6) is 0 Å². The number of carbonyl (C=O) groups excluding carboxylic acids is 1. The van der Waals surface area contributed by atoms with Crippen molar-refractivity contribution in [1.82, 2.24) is 0 Å². The van der Waals surface area contributed by atoms with Crippen molar-refractivity contribution < 1.29 is 9.90 Å². The zero-order valence-electron chi connectivity index (χ0n) is 9.31. The molecule has 0 aliphatic carbocycles. The third kappa shape index (κ3) is 2.02. The van der Waals surface area contributed by atoms with E-state index in [9.17, 15) is 4.79 Å². The molecule has 86 valence electrons. The SMILES string of the molecule is CC(CO)CN1C(=O)CNc2ccccc21. The number of para-hydroxylation sites is 2. The van der Waals surface area contributed by atoms with Crippen molar-refractivity contribution >= 4 is 17.3 Å². The van der Waals surface area contributed by atoms with Crippen LogP contribution in [0.15, 0.2) is 24.3 Å². The van der Waals surface area contributed by atoms with Gasteiger partial charge in [-0.1, -0.05) is 19.1 Å². The van der Waals surface area contributed by atoms with Gasteiger partial charge in [-0.2, -0.15) is 0 Å². The largest absolute Gasteiger partial charge is 0.396 e. The fraction of sp³-hybridized carbons (Fsp3) is 0.417. The lowest BCUT2D eigenvalue weighted by Gasteiger charge is -2.31. The van der Waals surface area contributed by atoms with E-state index >= 15 is 0 Å². The lowest BCUT2D eigenvalue weighted by atomic mass is 10.1. The number of benzene rings is 1. The quantitative estimate of drug-likeness (QED) is 0.801. The molecule has 0 aromatic heterocycles. The van der Waals surface area contributed by atoms with Gasteiger partial charge in [-0.3, -0.25) is 4.79 Å². The number of rotatable bonds is 3. The molecule has 0 radical (unpaired) electrons. The van der Waals surface area contributed by atoms with Crippen molar-refractivity contribution in [1.29, 1.82) is 0 Å². The lowest BCUT2D eigenvalue weighted by molar-refractivity contribution is -0.117. The Hall–Kier alpha value is -1.55. The number of carbonyl (C=O) groups is 1. The summed E-state index contributed by atoms with van der Waals surface area (Å²) in [6.07, 6.45) is 0. The normalized spacial score (nSPS) is 16.6. The van der Waals surface area contributed by atoms with Gasteiger partial charge in [-0.05, 0) is 18.1 Å². The minimum absolute atomic E-state index is 0.0546. The summed E-state index contributed by atoms with van der Waals surface area (Å²) in [6, 6.07) is 7.73. The molecule has 2 rings (SSSR count). The number of nitrogens with one attached hydrogen (secondary N) is 1. The van der Waals surface area contributed by atoms with Crippen molar-refractivity contribution in [2.24, 2.45) is 5.92 Å². The summed E-state index contributed by atoms with van der Waals surface area (Å²) in [4.78, 5) is 13.5. The molecule has 1 amide bonds. The van der Waals surface area contributed by atoms with E-state index in [-0.39, 0.29) is 18.4 Å². The van der Waals surface area contributed by atoms with Crippen LogP contribution in [-0.2, 0) is 4.79 Å². The summed E-state index contributed by atoms with van der Waals surface area (Å²) >= 11 is 0. The molecule has 1 atom stereocenters. The average Bonchev–Trinajstić information content (AvgIpc) is 2.32. The molecule has 0 spiro atoms. The van der Waals surface area contributed by atoms with Gasteiger partial charge in [0.2, 0.25) is 5.91 Å². The van der Waals surface area contributed by atoms with Crippen LogP contribution >= 0.6 is 0 Å². The highest BCUT2D eigenvalue weighted by Crippen LogP contribution is 2.29. The number of amides is 1. The molecule has 0 saturated carbocycles. The van der Waals surface area contributed by atoms with Gasteiger partial charge >= 0.3 is 0 Å². The first-order chi connectivity index (χ1) is 7.72. The minimum atomic E-state index is 0.0546. The van der Waals surface area contributed by atoms with Gasteiger partial charge in [0.1, 0.15) is 0 Å². The average molecular weight is 220 g/mol. The molecule has 4 heteroatoms. The first kappa shape index (κ1) is 11.0. The third-order valence-corrected chi connectivity index (χ3v) is 2.73. The Kier molecular flexibility index (Phi) is 3.10. The zero-order valence-corrected chi connectivity index (χ0v) is 9.31. The van der Waals surface area contributed by atoms with Crippen LogP contribution in [0.4, 0.5) is 11.4 Å². The number of anilines is 2. The van der Waals surface area contributed by atoms with Crippen LogP contribution in [0.3, 0.4) is 0 Å². The highest BCUT2D eigenvalue weighted by atomic mass is 16.3. The highest BCUT2D eigenvalue weighted by Gasteiger charge is 2.24. The van der Waals surface area contributed by atoms with E-state index in [0.29, 0.717) is 13.1 Å². The molecule has 2 N–H and O–H groups in total. The molecular formula is C12H16N2O2. The second kappa shape index (κ2) is 4.53. The summed E-state index contributed by atoms with van der Waals surface area (Å²) in [6.45, 7) is 2.92. The Morgan fingerprint density at radius 1 is 1.50 bits per heavy atom. The molecule has 0 bridgehead atoms. The molecule has 1 heterocycles. The molecule has 0 saturated heterocycles. The predicted octanol–water partition coefficient (Wildman–Crippen LogP) is 1.07. The molecule has 0 fully saturated rings. The molecule has 1 aromatic rings. The van der Waals surface area contributed by atoms with Gasteiger partial charge in [0.15, 0.2) is 0 Å². The number of aliphatic hydroxyl groups excluding tert-OH is 1. The van der Waals surface area contributed by atoms with Crippen molar-refractivity contribution in [2.45, 2.75) is 6.92 Å². The lowest BCUT2D eigenvalue weighted by Crippen LogP contribution is -2.42. The number of nitrogens with zero attached hydrogens (tertiary/aromatic N) is 1. The Morgan fingerprint density at radius 2 is 2.25 bits per heavy atom. The van der Waals surface area contributed by atoms with E-state index in [1.165, 1.54) is 0 Å². The number of hydrogen-bond acceptors (Lipinski definition) is 3. The van der Waals surface area contributed by atoms with Crippen LogP contribution in [-0.4, -0.2) is 30.7 Å². The van der Waals surface area contributed by atoms with E-state index in [2.05, 4.69) is 5.32 Å². The smallest absolute Gasteiger partial charge is 0.246 e. The van der Waals surface area contributed by atoms with Crippen molar-refractivity contribution in [3.8, 4) is 0 Å². The third-order valence-electron chi connectivity index (χ3n) is 2.73. The molecule has 1 aromatic carbocycles. The fourth-order valence-corrected chi connectivity index (χ4v) is 1.83. The van der Waals surface area contributed by atoms with Gasteiger partial charge in [-0.15, -0.1) is 0 Å². The standard InChI is InChI=1S/C12H16N2O2/c1-9(8-15)7-14-11-5-3-2-4-10(11)13-6-12(14)16/h2-5,9,13,15H,6-8H2,1H3. The maximum atomic E-state index is 11.8. The number of aliphatic hydroxyl groups is 1. The first-order valence-corrected chi connectivity index (χ1v) is 5.46. The number of hydrogen-bond donors (Lipinski definition) is 2. The minimum Gasteiger partial charge on any atom is -0.396 e. The van der Waals surface area contributed by atoms with Gasteiger partial charge in [0.05, 0.1) is 17.9 Å². The van der Waals surface area contributed by atoms with E-state index < -0.39 is 0 Å². The maximum Gasteiger partial charge on any atom is 0.246 e. The second-order valence-electron chi connectivity index (χ2n) is 4.16. The molecule has 1 aliphatic rings. The summed E-state index contributed by atoms with van der Waals surface area (Å²) in [5.41, 5.74) is 1.88. The zero-order chi connectivity index (χ0) is 11.5. The summed E-state index contributed by atoms with van der Waals surface area (Å²) in [5.74, 6) is 0.147. The van der Waals surface area contributed by atoms with Crippen molar-refractivity contribution in [3.63, 3.8) is 0 Å². The number of fused-ring (bicyclic) bond motifs is 1. The second-order valence-corrected chi connectivity index (χ2v) is 4.16. The van der Waals surface area contributed by atoms with Crippen LogP contribution in [0.1, 0.15) is 6.92 Å². The summed E-state index contributed by atoms with van der Waals surface area (Å²) in [5, 5.41) is 12.1. The monoisotopic (exact) mass is 220 g/mol. The van der Waals surface area contributed by atoms with Crippen LogP contribution in [0.2, 0.25) is 0 Å². The molecule has 1 unspecified atom stereocenters. The van der Waals surface area contributed by atoms with Crippen molar-refractivity contribution in [2.75, 3.05) is 29.9 Å². The van der Waals surface area contributed by atoms with Crippen molar-refractivity contribution in [3.05, 3.63) is 24.3 Å². The summed E-state index contributed by atoms with van der Waals surface area (Å²) < 4.78 is 0. The van der Waals surface area contributed by atoms with E-state index in [0.717, 1.165) is 11.4 Å². The van der Waals surface area contributed by atoms with Crippen LogP contribution in [0.25, 0.3) is 0 Å². The van der Waals surface area contributed by atoms with Crippen LogP contribution < -0.4 is 10.2 Å². The molecule has 4 nitrogen and oxygen atoms in total.